The molecule has 1 aliphatic rings. The second-order valence-electron chi connectivity index (χ2n) is 2.76. The van der Waals surface area contributed by atoms with Crippen molar-refractivity contribution in [3.05, 3.63) is 0 Å². The third kappa shape index (κ3) is 2.21. The molecule has 0 aromatic carbocycles. The van der Waals surface area contributed by atoms with Gasteiger partial charge in [-0.2, -0.15) is 0 Å². The summed E-state index contributed by atoms with van der Waals surface area (Å²) in [6, 6.07) is 0. The van der Waals surface area contributed by atoms with Crippen LogP contribution in [0.25, 0.3) is 0 Å². The molecular weight excluding hydrogens is 169 g/mol. The van der Waals surface area contributed by atoms with E-state index in [0.29, 0.717) is 19.5 Å². The van der Waals surface area contributed by atoms with Gasteiger partial charge in [0.2, 0.25) is 0 Å². The van der Waals surface area contributed by atoms with E-state index in [4.69, 9.17) is 4.55 Å². The molecule has 0 bridgehead atoms. The molecule has 1 saturated heterocycles. The van der Waals surface area contributed by atoms with Crippen molar-refractivity contribution in [3.8, 4) is 0 Å². The minimum absolute atomic E-state index is 0.299. The van der Waals surface area contributed by atoms with Crippen LogP contribution in [-0.2, 0) is 11.1 Å². The van der Waals surface area contributed by atoms with Crippen molar-refractivity contribution in [2.24, 2.45) is 0 Å². The maximum Gasteiger partial charge on any atom is 0.170 e. The zero-order valence-corrected chi connectivity index (χ0v) is 7.18. The summed E-state index contributed by atoms with van der Waals surface area (Å²) in [5, 5.41) is -0.434. The Morgan fingerprint density at radius 3 is 2.82 bits per heavy atom. The number of nitrogens with zero attached hydrogens (tertiary/aromatic N) is 1. The summed E-state index contributed by atoms with van der Waals surface area (Å²) in [4.78, 5) is 1.70. The standard InChI is InChI=1S/C6H12FNO2S/c1-5(11(9)10)8-3-2-6(7)4-8/h5-6H,2-4H2,1H3,(H,9,10). The minimum Gasteiger partial charge on any atom is -0.305 e. The van der Waals surface area contributed by atoms with Gasteiger partial charge in [0.15, 0.2) is 11.1 Å². The zero-order valence-electron chi connectivity index (χ0n) is 6.36. The Morgan fingerprint density at radius 1 is 1.82 bits per heavy atom. The van der Waals surface area contributed by atoms with Gasteiger partial charge in [0.05, 0.1) is 0 Å². The second kappa shape index (κ2) is 3.60. The fourth-order valence-corrected chi connectivity index (χ4v) is 1.65. The van der Waals surface area contributed by atoms with Gasteiger partial charge in [-0.25, -0.2) is 8.60 Å². The number of likely N-dealkylation sites (tertiary alicyclic amines) is 1. The molecule has 3 unspecified atom stereocenters. The number of alkyl halides is 1. The fourth-order valence-electron chi connectivity index (χ4n) is 1.20. The largest absolute Gasteiger partial charge is 0.305 e. The van der Waals surface area contributed by atoms with Crippen LogP contribution in [0.2, 0.25) is 0 Å². The summed E-state index contributed by atoms with van der Waals surface area (Å²) < 4.78 is 31.8. The zero-order chi connectivity index (χ0) is 8.43. The van der Waals surface area contributed by atoms with Gasteiger partial charge in [-0.1, -0.05) is 0 Å². The predicted molar refractivity (Wildman–Crippen MR) is 41.3 cm³/mol. The smallest absolute Gasteiger partial charge is 0.170 e. The molecule has 0 amide bonds. The van der Waals surface area contributed by atoms with E-state index >= 15 is 0 Å². The van der Waals surface area contributed by atoms with Crippen LogP contribution in [0.15, 0.2) is 0 Å². The van der Waals surface area contributed by atoms with Crippen molar-refractivity contribution < 1.29 is 13.2 Å². The lowest BCUT2D eigenvalue weighted by Gasteiger charge is -2.19. The van der Waals surface area contributed by atoms with E-state index in [1.165, 1.54) is 0 Å². The molecule has 3 atom stereocenters. The van der Waals surface area contributed by atoms with E-state index in [-0.39, 0.29) is 0 Å². The van der Waals surface area contributed by atoms with Crippen molar-refractivity contribution in [1.29, 1.82) is 0 Å². The van der Waals surface area contributed by atoms with E-state index in [2.05, 4.69) is 0 Å². The van der Waals surface area contributed by atoms with Gasteiger partial charge < -0.3 is 4.55 Å². The number of halogens is 1. The molecule has 5 heteroatoms. The van der Waals surface area contributed by atoms with Crippen molar-refractivity contribution in [3.63, 3.8) is 0 Å². The van der Waals surface area contributed by atoms with Crippen molar-refractivity contribution in [2.75, 3.05) is 13.1 Å². The lowest BCUT2D eigenvalue weighted by Crippen LogP contribution is -2.34. The Labute approximate surface area is 67.9 Å². The van der Waals surface area contributed by atoms with Gasteiger partial charge in [-0.15, -0.1) is 0 Å². The molecule has 1 N–H and O–H groups in total. The molecular formula is C6H12FNO2S. The van der Waals surface area contributed by atoms with Crippen molar-refractivity contribution in [1.82, 2.24) is 4.90 Å². The van der Waals surface area contributed by atoms with Crippen LogP contribution in [-0.4, -0.2) is 38.3 Å². The van der Waals surface area contributed by atoms with Gasteiger partial charge >= 0.3 is 0 Å². The summed E-state index contributed by atoms with van der Waals surface area (Å²) in [6.45, 7) is 2.52. The van der Waals surface area contributed by atoms with Crippen molar-refractivity contribution >= 4 is 11.1 Å². The number of rotatable bonds is 2. The molecule has 1 fully saturated rings. The van der Waals surface area contributed by atoms with E-state index in [9.17, 15) is 8.60 Å². The van der Waals surface area contributed by atoms with Crippen LogP contribution in [0.4, 0.5) is 4.39 Å². The van der Waals surface area contributed by atoms with Gasteiger partial charge in [0, 0.05) is 13.1 Å². The van der Waals surface area contributed by atoms with E-state index < -0.39 is 22.6 Å². The molecule has 0 spiro atoms. The van der Waals surface area contributed by atoms with E-state index in [0.717, 1.165) is 0 Å². The molecule has 1 rings (SSSR count). The highest BCUT2D eigenvalue weighted by Gasteiger charge is 2.27. The number of hydrogen-bond donors (Lipinski definition) is 1. The molecule has 11 heavy (non-hydrogen) atoms. The quantitative estimate of drug-likeness (QED) is 0.634. The molecule has 0 saturated carbocycles. The van der Waals surface area contributed by atoms with E-state index in [1.54, 1.807) is 11.8 Å². The lowest BCUT2D eigenvalue weighted by atomic mass is 10.3. The highest BCUT2D eigenvalue weighted by atomic mass is 32.2. The molecule has 0 aliphatic carbocycles. The Balaban J connectivity index is 2.43. The summed E-state index contributed by atoms with van der Waals surface area (Å²) in [7, 11) is 0. The average Bonchev–Trinajstić information content (AvgIpc) is 2.34. The van der Waals surface area contributed by atoms with Crippen LogP contribution in [0, 0.1) is 0 Å². The third-order valence-corrected chi connectivity index (χ3v) is 2.85. The fraction of sp³-hybridized carbons (Fsp3) is 1.00. The second-order valence-corrected chi connectivity index (χ2v) is 3.99. The van der Waals surface area contributed by atoms with Gasteiger partial charge in [-0.05, 0) is 13.3 Å². The Kier molecular flexibility index (Phi) is 2.98. The van der Waals surface area contributed by atoms with Crippen LogP contribution >= 0.6 is 0 Å². The molecule has 0 aromatic heterocycles. The first-order valence-electron chi connectivity index (χ1n) is 3.59. The van der Waals surface area contributed by atoms with Crippen LogP contribution in [0.3, 0.4) is 0 Å². The first-order valence-corrected chi connectivity index (χ1v) is 4.76. The highest BCUT2D eigenvalue weighted by Crippen LogP contribution is 2.15. The molecule has 0 radical (unpaired) electrons. The predicted octanol–water partition coefficient (Wildman–Crippen LogP) is 0.598. The Bertz CT molecular complexity index is 167. The topological polar surface area (TPSA) is 40.5 Å². The van der Waals surface area contributed by atoms with Gasteiger partial charge in [-0.3, -0.25) is 4.90 Å². The summed E-state index contributed by atoms with van der Waals surface area (Å²) in [5.74, 6) is 0. The monoisotopic (exact) mass is 181 g/mol. The Hall–Kier alpha value is -0.0000000000000000486. The highest BCUT2D eigenvalue weighted by molar-refractivity contribution is 7.79. The van der Waals surface area contributed by atoms with Gasteiger partial charge in [0.25, 0.3) is 0 Å². The minimum atomic E-state index is -1.86. The molecule has 66 valence electrons. The molecule has 0 aromatic rings. The molecule has 1 heterocycles. The lowest BCUT2D eigenvalue weighted by molar-refractivity contribution is 0.274. The molecule has 1 aliphatic heterocycles. The number of hydrogen-bond acceptors (Lipinski definition) is 2. The first kappa shape index (κ1) is 9.09. The summed E-state index contributed by atoms with van der Waals surface area (Å²) in [6.07, 6.45) is -0.331. The van der Waals surface area contributed by atoms with Crippen LogP contribution in [0.5, 0.6) is 0 Å². The maximum atomic E-state index is 12.6. The van der Waals surface area contributed by atoms with Crippen molar-refractivity contribution in [2.45, 2.75) is 24.9 Å². The first-order chi connectivity index (χ1) is 5.11. The van der Waals surface area contributed by atoms with E-state index in [1.807, 2.05) is 0 Å². The summed E-state index contributed by atoms with van der Waals surface area (Å²) >= 11 is -1.86. The van der Waals surface area contributed by atoms with Crippen LogP contribution in [0.1, 0.15) is 13.3 Å². The average molecular weight is 181 g/mol. The third-order valence-electron chi connectivity index (χ3n) is 1.97. The van der Waals surface area contributed by atoms with Crippen LogP contribution < -0.4 is 0 Å². The summed E-state index contributed by atoms with van der Waals surface area (Å²) in [5.41, 5.74) is 0. The normalized spacial score (nSPS) is 32.1. The SMILES string of the molecule is CC(N1CCC(F)C1)S(=O)O. The maximum absolute atomic E-state index is 12.6. The Morgan fingerprint density at radius 2 is 2.45 bits per heavy atom. The van der Waals surface area contributed by atoms with Gasteiger partial charge in [0.1, 0.15) is 11.5 Å². The molecule has 3 nitrogen and oxygen atoms in total.